The van der Waals surface area contributed by atoms with Gasteiger partial charge in [-0.05, 0) is 77.2 Å². The topological polar surface area (TPSA) is 57.2 Å². The Hall–Kier alpha value is -0.380. The number of rotatable bonds is 8. The summed E-state index contributed by atoms with van der Waals surface area (Å²) in [6.45, 7) is 9.51. The van der Waals surface area contributed by atoms with Crippen LogP contribution >= 0.6 is 35.7 Å². The molecule has 1 saturated carbocycles. The molecule has 0 atom stereocenters. The average molecular weight is 541 g/mol. The first-order chi connectivity index (χ1) is 13.3. The van der Waals surface area contributed by atoms with Crippen LogP contribution in [-0.2, 0) is 4.74 Å². The molecule has 0 bridgehead atoms. The summed E-state index contributed by atoms with van der Waals surface area (Å²) >= 11 is 1.90. The number of nitrogens with zero attached hydrogens (tertiary/aromatic N) is 3. The number of likely N-dealkylation sites (tertiary alicyclic amines) is 1. The first-order valence-electron chi connectivity index (χ1n) is 10.8. The lowest BCUT2D eigenvalue weighted by Gasteiger charge is -2.40. The number of thioether (sulfide) groups is 1. The second-order valence-corrected chi connectivity index (χ2v) is 9.95. The van der Waals surface area contributed by atoms with Gasteiger partial charge in [0.1, 0.15) is 5.60 Å². The van der Waals surface area contributed by atoms with Crippen molar-refractivity contribution in [1.29, 1.82) is 0 Å². The van der Waals surface area contributed by atoms with Crippen LogP contribution in [0.1, 0.15) is 59.3 Å². The summed E-state index contributed by atoms with van der Waals surface area (Å²) in [6.07, 6.45) is 8.84. The van der Waals surface area contributed by atoms with Gasteiger partial charge < -0.3 is 19.9 Å². The number of piperidine rings is 1. The molecule has 0 spiro atoms. The number of unbranched alkanes of at least 4 members (excludes halogenated alkanes) is 1. The third-order valence-corrected chi connectivity index (χ3v) is 5.95. The smallest absolute Gasteiger partial charge is 0.410 e. The molecule has 1 aliphatic carbocycles. The minimum Gasteiger partial charge on any atom is -0.444 e. The number of ether oxygens (including phenoxy) is 1. The minimum absolute atomic E-state index is 0. The highest BCUT2D eigenvalue weighted by molar-refractivity contribution is 14.0. The summed E-state index contributed by atoms with van der Waals surface area (Å²) in [5, 5.41) is 3.50. The van der Waals surface area contributed by atoms with Crippen LogP contribution < -0.4 is 5.32 Å². The van der Waals surface area contributed by atoms with Gasteiger partial charge in [-0.25, -0.2) is 4.79 Å². The number of halogens is 1. The number of hydrogen-bond acceptors (Lipinski definition) is 4. The van der Waals surface area contributed by atoms with Gasteiger partial charge in [-0.1, -0.05) is 0 Å². The van der Waals surface area contributed by atoms with Crippen LogP contribution in [0.4, 0.5) is 4.79 Å². The Morgan fingerprint density at radius 3 is 2.38 bits per heavy atom. The molecule has 2 aliphatic rings. The quantitative estimate of drug-likeness (QED) is 0.214. The zero-order valence-electron chi connectivity index (χ0n) is 18.9. The maximum Gasteiger partial charge on any atom is 0.410 e. The van der Waals surface area contributed by atoms with Gasteiger partial charge in [0, 0.05) is 39.3 Å². The van der Waals surface area contributed by atoms with E-state index in [0.29, 0.717) is 5.92 Å². The van der Waals surface area contributed by atoms with Crippen LogP contribution in [0.3, 0.4) is 0 Å². The van der Waals surface area contributed by atoms with E-state index in [1.165, 1.54) is 31.4 Å². The van der Waals surface area contributed by atoms with Gasteiger partial charge in [0.25, 0.3) is 0 Å². The SMILES string of the molecule is CN=C(NCCCCSC)N1CCC(N(CC2CC2)C(=O)OC(C)(C)C)CC1.I. The van der Waals surface area contributed by atoms with Crippen molar-refractivity contribution in [3.63, 3.8) is 0 Å². The Morgan fingerprint density at radius 1 is 1.21 bits per heavy atom. The molecule has 2 fully saturated rings. The molecule has 1 saturated heterocycles. The molecule has 0 radical (unpaired) electrons. The maximum absolute atomic E-state index is 12.8. The summed E-state index contributed by atoms with van der Waals surface area (Å²) in [5.74, 6) is 2.88. The van der Waals surface area contributed by atoms with Crippen LogP contribution in [0.25, 0.3) is 0 Å². The fourth-order valence-electron chi connectivity index (χ4n) is 3.57. The maximum atomic E-state index is 12.8. The van der Waals surface area contributed by atoms with E-state index in [1.807, 2.05) is 44.5 Å². The molecule has 8 heteroatoms. The van der Waals surface area contributed by atoms with E-state index < -0.39 is 5.60 Å². The van der Waals surface area contributed by atoms with Crippen LogP contribution in [0, 0.1) is 5.92 Å². The van der Waals surface area contributed by atoms with Gasteiger partial charge in [0.15, 0.2) is 5.96 Å². The fourth-order valence-corrected chi connectivity index (χ4v) is 4.06. The summed E-state index contributed by atoms with van der Waals surface area (Å²) in [4.78, 5) is 21.6. The van der Waals surface area contributed by atoms with Crippen molar-refractivity contribution in [2.24, 2.45) is 10.9 Å². The highest BCUT2D eigenvalue weighted by atomic mass is 127. The molecule has 0 aromatic carbocycles. The van der Waals surface area contributed by atoms with E-state index in [1.54, 1.807) is 0 Å². The Balaban J connectivity index is 0.00000420. The van der Waals surface area contributed by atoms with Gasteiger partial charge >= 0.3 is 6.09 Å². The molecular formula is C21H41IN4O2S. The standard InChI is InChI=1S/C21H40N4O2S.HI/c1-21(2,3)27-20(26)25(16-17-8-9-17)18-10-13-24(14-11-18)19(22-4)23-12-6-7-15-28-5;/h17-18H,6-16H2,1-5H3,(H,22,23);1H. The predicted molar refractivity (Wildman–Crippen MR) is 135 cm³/mol. The van der Waals surface area contributed by atoms with Gasteiger partial charge in [0.2, 0.25) is 0 Å². The number of carbonyl (C=O) groups excluding carboxylic acids is 1. The lowest BCUT2D eigenvalue weighted by Crippen LogP contribution is -2.52. The second kappa shape index (κ2) is 13.1. The van der Waals surface area contributed by atoms with Crippen molar-refractivity contribution in [2.45, 2.75) is 70.9 Å². The van der Waals surface area contributed by atoms with E-state index in [-0.39, 0.29) is 36.1 Å². The number of carbonyl (C=O) groups is 1. The molecule has 2 rings (SSSR count). The lowest BCUT2D eigenvalue weighted by molar-refractivity contribution is 0.00928. The fraction of sp³-hybridized carbons (Fsp3) is 0.905. The van der Waals surface area contributed by atoms with Gasteiger partial charge in [-0.15, -0.1) is 24.0 Å². The highest BCUT2D eigenvalue weighted by Crippen LogP contribution is 2.32. The molecule has 170 valence electrons. The molecule has 1 heterocycles. The van der Waals surface area contributed by atoms with E-state index in [9.17, 15) is 4.79 Å². The van der Waals surface area contributed by atoms with Gasteiger partial charge in [0.05, 0.1) is 0 Å². The zero-order valence-corrected chi connectivity index (χ0v) is 22.1. The molecule has 6 nitrogen and oxygen atoms in total. The Bertz CT molecular complexity index is 515. The molecule has 1 N–H and O–H groups in total. The van der Waals surface area contributed by atoms with Crippen molar-refractivity contribution < 1.29 is 9.53 Å². The third-order valence-electron chi connectivity index (χ3n) is 5.25. The van der Waals surface area contributed by atoms with E-state index in [2.05, 4.69) is 21.5 Å². The number of nitrogens with one attached hydrogen (secondary N) is 1. The molecule has 29 heavy (non-hydrogen) atoms. The zero-order chi connectivity index (χ0) is 20.6. The summed E-state index contributed by atoms with van der Waals surface area (Å²) in [6, 6.07) is 0.270. The van der Waals surface area contributed by atoms with Crippen LogP contribution in [0.5, 0.6) is 0 Å². The normalized spacial score (nSPS) is 18.2. The minimum atomic E-state index is -0.443. The van der Waals surface area contributed by atoms with E-state index >= 15 is 0 Å². The number of hydrogen-bond donors (Lipinski definition) is 1. The van der Waals surface area contributed by atoms with Crippen molar-refractivity contribution in [3.05, 3.63) is 0 Å². The van der Waals surface area contributed by atoms with Crippen molar-refractivity contribution in [2.75, 3.05) is 45.2 Å². The lowest BCUT2D eigenvalue weighted by atomic mass is 10.0. The molecule has 0 aromatic heterocycles. The molecule has 0 unspecified atom stereocenters. The summed E-state index contributed by atoms with van der Waals surface area (Å²) < 4.78 is 5.70. The predicted octanol–water partition coefficient (Wildman–Crippen LogP) is 4.43. The van der Waals surface area contributed by atoms with Crippen molar-refractivity contribution >= 4 is 47.8 Å². The Morgan fingerprint density at radius 2 is 1.86 bits per heavy atom. The first kappa shape index (κ1) is 26.7. The van der Waals surface area contributed by atoms with E-state index in [0.717, 1.165) is 45.0 Å². The van der Waals surface area contributed by atoms with Crippen LogP contribution in [-0.4, -0.2) is 78.7 Å². The number of guanidine groups is 1. The first-order valence-corrected chi connectivity index (χ1v) is 12.2. The molecule has 0 aromatic rings. The summed E-state index contributed by atoms with van der Waals surface area (Å²) in [7, 11) is 1.86. The van der Waals surface area contributed by atoms with Gasteiger partial charge in [-0.2, -0.15) is 11.8 Å². The van der Waals surface area contributed by atoms with Crippen molar-refractivity contribution in [3.8, 4) is 0 Å². The van der Waals surface area contributed by atoms with Crippen LogP contribution in [0.2, 0.25) is 0 Å². The molecule has 1 amide bonds. The summed E-state index contributed by atoms with van der Waals surface area (Å²) in [5.41, 5.74) is -0.443. The van der Waals surface area contributed by atoms with E-state index in [4.69, 9.17) is 4.74 Å². The Kier molecular flexibility index (Phi) is 12.1. The number of amides is 1. The average Bonchev–Trinajstić information content (AvgIpc) is 3.46. The van der Waals surface area contributed by atoms with Gasteiger partial charge in [-0.3, -0.25) is 4.99 Å². The molecular weight excluding hydrogens is 499 g/mol. The third kappa shape index (κ3) is 9.98. The van der Waals surface area contributed by atoms with Crippen molar-refractivity contribution in [1.82, 2.24) is 15.1 Å². The largest absolute Gasteiger partial charge is 0.444 e. The monoisotopic (exact) mass is 540 g/mol. The molecule has 1 aliphatic heterocycles. The Labute approximate surface area is 199 Å². The number of aliphatic imine (C=N–C) groups is 1. The highest BCUT2D eigenvalue weighted by Gasteiger charge is 2.35. The second-order valence-electron chi connectivity index (χ2n) is 8.97. The van der Waals surface area contributed by atoms with Crippen LogP contribution in [0.15, 0.2) is 4.99 Å².